The highest BCUT2D eigenvalue weighted by atomic mass is 16.6. The maximum atomic E-state index is 12.6. The maximum absolute atomic E-state index is 12.6. The molecular weight excluding hydrogens is 266 g/mol. The van der Waals surface area contributed by atoms with Gasteiger partial charge in [0.2, 0.25) is 0 Å². The van der Waals surface area contributed by atoms with Crippen molar-refractivity contribution in [2.24, 2.45) is 0 Å². The van der Waals surface area contributed by atoms with Gasteiger partial charge in [-0.3, -0.25) is 14.9 Å². The van der Waals surface area contributed by atoms with Gasteiger partial charge in [-0.15, -0.1) is 0 Å². The highest BCUT2D eigenvalue weighted by Crippen LogP contribution is 2.27. The van der Waals surface area contributed by atoms with Crippen molar-refractivity contribution < 1.29 is 9.72 Å². The third kappa shape index (κ3) is 2.99. The van der Waals surface area contributed by atoms with Crippen molar-refractivity contribution in [1.82, 2.24) is 0 Å². The summed E-state index contributed by atoms with van der Waals surface area (Å²) in [7, 11) is 0. The summed E-state index contributed by atoms with van der Waals surface area (Å²) >= 11 is 0. The fraction of sp³-hybridized carbons (Fsp3) is 0.235. The summed E-state index contributed by atoms with van der Waals surface area (Å²) in [4.78, 5) is 23.5. The Morgan fingerprint density at radius 1 is 1.10 bits per heavy atom. The summed E-state index contributed by atoms with van der Waals surface area (Å²) in [6.45, 7) is 3.75. The normalized spacial score (nSPS) is 10.4. The predicted octanol–water partition coefficient (Wildman–Crippen LogP) is 3.95. The van der Waals surface area contributed by atoms with Gasteiger partial charge in [-0.1, -0.05) is 44.2 Å². The fourth-order valence-corrected chi connectivity index (χ4v) is 2.40. The van der Waals surface area contributed by atoms with Crippen LogP contribution in [0.25, 0.3) is 0 Å². The molecule has 0 aliphatic heterocycles. The first-order valence-electron chi connectivity index (χ1n) is 6.98. The van der Waals surface area contributed by atoms with E-state index in [4.69, 9.17) is 0 Å². The van der Waals surface area contributed by atoms with Crippen molar-refractivity contribution in [3.05, 3.63) is 74.8 Å². The van der Waals surface area contributed by atoms with Crippen LogP contribution in [-0.4, -0.2) is 10.7 Å². The zero-order valence-corrected chi connectivity index (χ0v) is 12.1. The van der Waals surface area contributed by atoms with Gasteiger partial charge in [0, 0.05) is 22.8 Å². The Morgan fingerprint density at radius 2 is 1.76 bits per heavy atom. The number of rotatable bonds is 5. The molecule has 21 heavy (non-hydrogen) atoms. The lowest BCUT2D eigenvalue weighted by Gasteiger charge is -2.10. The van der Waals surface area contributed by atoms with Crippen molar-refractivity contribution in [2.45, 2.75) is 26.7 Å². The Labute approximate surface area is 123 Å². The average molecular weight is 283 g/mol. The molecule has 4 nitrogen and oxygen atoms in total. The molecule has 2 aromatic carbocycles. The van der Waals surface area contributed by atoms with Crippen LogP contribution in [0.2, 0.25) is 0 Å². The van der Waals surface area contributed by atoms with Crippen LogP contribution < -0.4 is 0 Å². The predicted molar refractivity (Wildman–Crippen MR) is 81.7 cm³/mol. The molecule has 0 amide bonds. The van der Waals surface area contributed by atoms with E-state index in [0.717, 1.165) is 5.56 Å². The second kappa shape index (κ2) is 6.31. The first-order chi connectivity index (χ1) is 10.1. The third-order valence-corrected chi connectivity index (χ3v) is 3.53. The van der Waals surface area contributed by atoms with Crippen LogP contribution in [0.4, 0.5) is 5.69 Å². The molecule has 0 atom stereocenters. The highest BCUT2D eigenvalue weighted by Gasteiger charge is 2.22. The van der Waals surface area contributed by atoms with E-state index < -0.39 is 4.92 Å². The van der Waals surface area contributed by atoms with Crippen LogP contribution in [0.1, 0.15) is 40.9 Å². The summed E-state index contributed by atoms with van der Waals surface area (Å²) in [6.07, 6.45) is 1.11. The van der Waals surface area contributed by atoms with E-state index in [0.29, 0.717) is 29.5 Å². The van der Waals surface area contributed by atoms with Crippen LogP contribution in [-0.2, 0) is 12.8 Å². The van der Waals surface area contributed by atoms with E-state index in [1.165, 1.54) is 0 Å². The lowest BCUT2D eigenvalue weighted by molar-refractivity contribution is -0.385. The number of nitrogens with zero attached hydrogens (tertiary/aromatic N) is 1. The minimum Gasteiger partial charge on any atom is -0.289 e. The Hall–Kier alpha value is -2.49. The SMILES string of the molecule is CCc1cc(C(=O)c2ccccc2)c(CC)c([N+](=O)[O-])c1. The molecule has 2 aromatic rings. The number of benzene rings is 2. The van der Waals surface area contributed by atoms with Crippen molar-refractivity contribution in [1.29, 1.82) is 0 Å². The average Bonchev–Trinajstić information content (AvgIpc) is 2.53. The van der Waals surface area contributed by atoms with E-state index in [-0.39, 0.29) is 11.5 Å². The number of carbonyl (C=O) groups excluding carboxylic acids is 1. The minimum absolute atomic E-state index is 0.0381. The highest BCUT2D eigenvalue weighted by molar-refractivity contribution is 6.10. The van der Waals surface area contributed by atoms with Gasteiger partial charge >= 0.3 is 0 Å². The van der Waals surface area contributed by atoms with Crippen LogP contribution in [0.15, 0.2) is 42.5 Å². The van der Waals surface area contributed by atoms with Gasteiger partial charge in [0.05, 0.1) is 4.92 Å². The zero-order valence-electron chi connectivity index (χ0n) is 12.1. The Bertz CT molecular complexity index is 678. The minimum atomic E-state index is -0.403. The number of aryl methyl sites for hydroxylation is 1. The summed E-state index contributed by atoms with van der Waals surface area (Å²) in [5, 5.41) is 11.3. The van der Waals surface area contributed by atoms with Gasteiger partial charge in [0.25, 0.3) is 5.69 Å². The molecule has 0 heterocycles. The van der Waals surface area contributed by atoms with Gasteiger partial charge in [-0.2, -0.15) is 0 Å². The van der Waals surface area contributed by atoms with Gasteiger partial charge in [-0.05, 0) is 24.5 Å². The van der Waals surface area contributed by atoms with Crippen molar-refractivity contribution >= 4 is 11.5 Å². The van der Waals surface area contributed by atoms with Gasteiger partial charge < -0.3 is 0 Å². The van der Waals surface area contributed by atoms with Gasteiger partial charge in [0.1, 0.15) is 0 Å². The largest absolute Gasteiger partial charge is 0.289 e. The van der Waals surface area contributed by atoms with Crippen LogP contribution >= 0.6 is 0 Å². The molecule has 0 aromatic heterocycles. The molecule has 0 N–H and O–H groups in total. The van der Waals surface area contributed by atoms with Crippen LogP contribution in [0.5, 0.6) is 0 Å². The Morgan fingerprint density at radius 3 is 2.29 bits per heavy atom. The molecule has 0 aliphatic rings. The molecule has 0 unspecified atom stereocenters. The topological polar surface area (TPSA) is 60.2 Å². The molecule has 0 aliphatic carbocycles. The van der Waals surface area contributed by atoms with E-state index in [9.17, 15) is 14.9 Å². The molecule has 0 saturated carbocycles. The lowest BCUT2D eigenvalue weighted by atomic mass is 9.93. The Balaban J connectivity index is 2.64. The van der Waals surface area contributed by atoms with Gasteiger partial charge in [0.15, 0.2) is 5.78 Å². The molecule has 4 heteroatoms. The standard InChI is InChI=1S/C17H17NO3/c1-3-12-10-15(14(4-2)16(11-12)18(20)21)17(19)13-8-6-5-7-9-13/h5-11H,3-4H2,1-2H3. The molecular formula is C17H17NO3. The van der Waals surface area contributed by atoms with E-state index in [1.54, 1.807) is 36.4 Å². The second-order valence-electron chi connectivity index (χ2n) is 4.80. The van der Waals surface area contributed by atoms with E-state index >= 15 is 0 Å². The van der Waals surface area contributed by atoms with Crippen LogP contribution in [0, 0.1) is 10.1 Å². The third-order valence-electron chi connectivity index (χ3n) is 3.53. The molecule has 2 rings (SSSR count). The zero-order chi connectivity index (χ0) is 15.4. The first kappa shape index (κ1) is 14.9. The number of nitro benzene ring substituents is 1. The molecule has 108 valence electrons. The van der Waals surface area contributed by atoms with Crippen molar-refractivity contribution in [2.75, 3.05) is 0 Å². The molecule has 0 saturated heterocycles. The fourth-order valence-electron chi connectivity index (χ4n) is 2.40. The Kier molecular flexibility index (Phi) is 4.48. The van der Waals surface area contributed by atoms with Crippen molar-refractivity contribution in [3.63, 3.8) is 0 Å². The smallest absolute Gasteiger partial charge is 0.273 e. The van der Waals surface area contributed by atoms with E-state index in [2.05, 4.69) is 0 Å². The molecule has 0 spiro atoms. The first-order valence-corrected chi connectivity index (χ1v) is 6.98. The van der Waals surface area contributed by atoms with Gasteiger partial charge in [-0.25, -0.2) is 0 Å². The quantitative estimate of drug-likeness (QED) is 0.474. The van der Waals surface area contributed by atoms with E-state index in [1.807, 2.05) is 19.9 Å². The van der Waals surface area contributed by atoms with Crippen LogP contribution in [0.3, 0.4) is 0 Å². The summed E-state index contributed by atoms with van der Waals surface area (Å²) in [5.74, 6) is -0.161. The summed E-state index contributed by atoms with van der Waals surface area (Å²) in [6, 6.07) is 12.2. The second-order valence-corrected chi connectivity index (χ2v) is 4.80. The number of carbonyl (C=O) groups is 1. The summed E-state index contributed by atoms with van der Waals surface area (Å²) in [5.41, 5.74) is 2.34. The number of nitro groups is 1. The molecule has 0 radical (unpaired) electrons. The molecule has 0 bridgehead atoms. The number of hydrogen-bond acceptors (Lipinski definition) is 3. The summed E-state index contributed by atoms with van der Waals surface area (Å²) < 4.78 is 0. The van der Waals surface area contributed by atoms with Crippen molar-refractivity contribution in [3.8, 4) is 0 Å². The lowest BCUT2D eigenvalue weighted by Crippen LogP contribution is -2.09. The number of hydrogen-bond donors (Lipinski definition) is 0. The maximum Gasteiger partial charge on any atom is 0.273 e. The molecule has 0 fully saturated rings. The number of ketones is 1. The monoisotopic (exact) mass is 283 g/mol.